The summed E-state index contributed by atoms with van der Waals surface area (Å²) < 4.78 is 332. The van der Waals surface area contributed by atoms with E-state index >= 15 is 0 Å². The van der Waals surface area contributed by atoms with E-state index in [1.807, 2.05) is 0 Å². The summed E-state index contributed by atoms with van der Waals surface area (Å²) in [5, 5.41) is 0. The lowest BCUT2D eigenvalue weighted by molar-refractivity contribution is -0.577. The third kappa shape index (κ3) is 6.38. The van der Waals surface area contributed by atoms with Gasteiger partial charge < -0.3 is 0 Å². The molecule has 41 heavy (non-hydrogen) atoms. The normalized spacial score (nSPS) is 16.8. The monoisotopic (exact) mass is 686 g/mol. The summed E-state index contributed by atoms with van der Waals surface area (Å²) in [7, 11) is 0. The smallest absolute Gasteiger partial charge is 0.243 e. The Labute approximate surface area is 202 Å². The first kappa shape index (κ1) is 39.1. The van der Waals surface area contributed by atoms with Crippen LogP contribution in [0.1, 0.15) is 0 Å². The molecule has 0 aromatic rings. The average molecular weight is 686 g/mol. The van der Waals surface area contributed by atoms with Crippen LogP contribution in [0.2, 0.25) is 0 Å². The zero-order valence-corrected chi connectivity index (χ0v) is 17.1. The Morgan fingerprint density at radius 2 is 0.341 bits per heavy atom. The lowest BCUT2D eigenvalue weighted by atomic mass is 10.1. The van der Waals surface area contributed by atoms with Crippen LogP contribution in [0.3, 0.4) is 0 Å². The first-order valence-corrected chi connectivity index (χ1v) is 8.14. The van der Waals surface area contributed by atoms with Gasteiger partial charge in [-0.25, -0.2) is 14.2 Å². The van der Waals surface area contributed by atoms with Gasteiger partial charge in [0.1, 0.15) is 0 Å². The molecule has 0 saturated carbocycles. The SMILES string of the molecule is FC(F)(F)C(F)(F)C(F)(F)C(F)(F)OC(F)(F)C(F)(F)OC(F)(F)C(F)(F)OC(F)(F)C(F)(F)C(F)(F)C(F)(F)F. The number of ether oxygens (including phenoxy) is 3. The van der Waals surface area contributed by atoms with Gasteiger partial charge in [-0.2, -0.15) is 114 Å². The molecule has 0 N–H and O–H groups in total. The molecule has 0 unspecified atom stereocenters. The van der Waals surface area contributed by atoms with Crippen LogP contribution in [-0.4, -0.2) is 72.7 Å². The fourth-order valence-corrected chi connectivity index (χ4v) is 1.57. The van der Waals surface area contributed by atoms with Crippen molar-refractivity contribution < 1.29 is 128 Å². The number of rotatable bonds is 12. The summed E-state index contributed by atoms with van der Waals surface area (Å²) in [6.45, 7) is 0. The fraction of sp³-hybridized carbons (Fsp3) is 1.00. The Morgan fingerprint density at radius 1 is 0.195 bits per heavy atom. The number of hydrogen-bond acceptors (Lipinski definition) is 3. The Hall–Kier alpha value is -1.94. The van der Waals surface area contributed by atoms with Gasteiger partial charge in [-0.3, -0.25) is 0 Å². The minimum Gasteiger partial charge on any atom is -0.243 e. The van der Waals surface area contributed by atoms with E-state index in [0.29, 0.717) is 0 Å². The molecule has 0 spiro atoms. The summed E-state index contributed by atoms with van der Waals surface area (Å²) in [5.74, 6) is -33.2. The van der Waals surface area contributed by atoms with Crippen LogP contribution < -0.4 is 0 Å². The molecule has 3 nitrogen and oxygen atoms in total. The molecule has 0 aliphatic carbocycles. The minimum absolute atomic E-state index is 0.949. The van der Waals surface area contributed by atoms with Gasteiger partial charge in [0.2, 0.25) is 0 Å². The second kappa shape index (κ2) is 9.79. The molecule has 0 aromatic heterocycles. The Kier molecular flexibility index (Phi) is 9.33. The highest BCUT2D eigenvalue weighted by molar-refractivity contribution is 4.98. The van der Waals surface area contributed by atoms with Crippen molar-refractivity contribution >= 4 is 0 Å². The van der Waals surface area contributed by atoms with Crippen LogP contribution in [0.5, 0.6) is 0 Å². The van der Waals surface area contributed by atoms with Crippen LogP contribution >= 0.6 is 0 Å². The molecule has 0 radical (unpaired) electrons. The summed E-state index contributed by atoms with van der Waals surface area (Å²) >= 11 is 0. The quantitative estimate of drug-likeness (QED) is 0.194. The van der Waals surface area contributed by atoms with Crippen molar-refractivity contribution in [1.82, 2.24) is 0 Å². The standard InChI is InChI=1S/C12F26O3/c13-1(14,5(21,22)23)3(17,18)7(27,28)39-9(31,32)11(35,36)41-12(37,38)10(33,34)40-8(29,30)4(19,20)2(15,16)6(24,25)26. The molecule has 0 heterocycles. The topological polar surface area (TPSA) is 27.7 Å². The van der Waals surface area contributed by atoms with Crippen molar-refractivity contribution in [2.45, 2.75) is 72.7 Å². The molecule has 0 aliphatic heterocycles. The first-order chi connectivity index (χ1) is 17.1. The van der Waals surface area contributed by atoms with E-state index in [-0.39, 0.29) is 0 Å². The molecular weight excluding hydrogens is 686 g/mol. The molecule has 0 aromatic carbocycles. The number of halogens is 26. The van der Waals surface area contributed by atoms with E-state index < -0.39 is 72.7 Å². The summed E-state index contributed by atoms with van der Waals surface area (Å²) in [4.78, 5) is 0. The highest BCUT2D eigenvalue weighted by atomic mass is 19.4. The van der Waals surface area contributed by atoms with Gasteiger partial charge >= 0.3 is 72.7 Å². The van der Waals surface area contributed by atoms with Gasteiger partial charge in [0.25, 0.3) is 0 Å². The van der Waals surface area contributed by atoms with Crippen molar-refractivity contribution in [3.63, 3.8) is 0 Å². The van der Waals surface area contributed by atoms with Crippen LogP contribution in [0.15, 0.2) is 0 Å². The third-order valence-electron chi connectivity index (χ3n) is 3.68. The maximum absolute atomic E-state index is 13.1. The van der Waals surface area contributed by atoms with Crippen LogP contribution in [0.4, 0.5) is 114 Å². The molecule has 0 fully saturated rings. The molecule has 0 bridgehead atoms. The van der Waals surface area contributed by atoms with E-state index in [1.165, 1.54) is 0 Å². The Balaban J connectivity index is 6.39. The van der Waals surface area contributed by atoms with E-state index in [4.69, 9.17) is 0 Å². The average Bonchev–Trinajstić information content (AvgIpc) is 2.62. The van der Waals surface area contributed by atoms with Crippen LogP contribution in [-0.2, 0) is 14.2 Å². The minimum atomic E-state index is -8.41. The van der Waals surface area contributed by atoms with E-state index in [1.54, 1.807) is 0 Å². The molecule has 0 rings (SSSR count). The Morgan fingerprint density at radius 3 is 0.488 bits per heavy atom. The molecule has 0 aliphatic rings. The molecule has 0 amide bonds. The second-order valence-electron chi connectivity index (χ2n) is 6.70. The summed E-state index contributed by atoms with van der Waals surface area (Å²) in [6, 6.07) is 0. The predicted octanol–water partition coefficient (Wildman–Crippen LogP) is 8.26. The van der Waals surface area contributed by atoms with E-state index in [9.17, 15) is 114 Å². The lowest BCUT2D eigenvalue weighted by Crippen LogP contribution is -2.66. The zero-order valence-electron chi connectivity index (χ0n) is 17.1. The van der Waals surface area contributed by atoms with Gasteiger partial charge in [0, 0.05) is 0 Å². The summed E-state index contributed by atoms with van der Waals surface area (Å²) in [6.07, 6.45) is -65.4. The largest absolute Gasteiger partial charge is 0.460 e. The molecule has 0 atom stereocenters. The first-order valence-electron chi connectivity index (χ1n) is 8.14. The molecule has 29 heteroatoms. The molecular formula is C12F26O3. The zero-order chi connectivity index (χ0) is 34.1. The second-order valence-corrected chi connectivity index (χ2v) is 6.70. The van der Waals surface area contributed by atoms with Gasteiger partial charge in [-0.15, -0.1) is 0 Å². The van der Waals surface area contributed by atoms with Crippen molar-refractivity contribution in [1.29, 1.82) is 0 Å². The van der Waals surface area contributed by atoms with Gasteiger partial charge in [-0.05, 0) is 0 Å². The lowest BCUT2D eigenvalue weighted by Gasteiger charge is -2.38. The van der Waals surface area contributed by atoms with Gasteiger partial charge in [-0.1, -0.05) is 0 Å². The van der Waals surface area contributed by atoms with Crippen molar-refractivity contribution in [2.24, 2.45) is 0 Å². The summed E-state index contributed by atoms with van der Waals surface area (Å²) in [5.41, 5.74) is 0. The molecule has 0 saturated heterocycles. The predicted molar refractivity (Wildman–Crippen MR) is 64.8 cm³/mol. The van der Waals surface area contributed by atoms with Gasteiger partial charge in [0.05, 0.1) is 0 Å². The maximum Gasteiger partial charge on any atom is 0.460 e. The Bertz CT molecular complexity index is 851. The fourth-order valence-electron chi connectivity index (χ4n) is 1.57. The van der Waals surface area contributed by atoms with E-state index in [0.717, 1.165) is 14.2 Å². The van der Waals surface area contributed by atoms with Crippen molar-refractivity contribution in [2.75, 3.05) is 0 Å². The highest BCUT2D eigenvalue weighted by Gasteiger charge is 2.87. The van der Waals surface area contributed by atoms with Crippen LogP contribution in [0, 0.1) is 0 Å². The number of hydrogen-bond donors (Lipinski definition) is 0. The van der Waals surface area contributed by atoms with Gasteiger partial charge in [0.15, 0.2) is 0 Å². The molecule has 248 valence electrons. The van der Waals surface area contributed by atoms with Crippen molar-refractivity contribution in [3.8, 4) is 0 Å². The van der Waals surface area contributed by atoms with Crippen molar-refractivity contribution in [3.05, 3.63) is 0 Å². The maximum atomic E-state index is 13.1. The van der Waals surface area contributed by atoms with Crippen LogP contribution in [0.25, 0.3) is 0 Å². The van der Waals surface area contributed by atoms with E-state index in [2.05, 4.69) is 0 Å². The third-order valence-corrected chi connectivity index (χ3v) is 3.68. The highest BCUT2D eigenvalue weighted by Crippen LogP contribution is 2.58. The number of alkyl halides is 26.